The second-order valence-corrected chi connectivity index (χ2v) is 5.76. The van der Waals surface area contributed by atoms with Crippen molar-refractivity contribution in [3.8, 4) is 11.5 Å². The van der Waals surface area contributed by atoms with Crippen molar-refractivity contribution >= 4 is 37.8 Å². The van der Waals surface area contributed by atoms with E-state index in [4.69, 9.17) is 14.6 Å². The molecule has 2 aromatic carbocycles. The lowest BCUT2D eigenvalue weighted by atomic mass is 10.2. The van der Waals surface area contributed by atoms with Crippen LogP contribution in [-0.2, 0) is 0 Å². The van der Waals surface area contributed by atoms with Gasteiger partial charge in [-0.3, -0.25) is 0 Å². The number of benzene rings is 2. The van der Waals surface area contributed by atoms with Crippen LogP contribution in [0.4, 0.5) is 0 Å². The number of ether oxygens (including phenoxy) is 2. The van der Waals surface area contributed by atoms with Gasteiger partial charge < -0.3 is 14.6 Å². The van der Waals surface area contributed by atoms with Gasteiger partial charge in [-0.2, -0.15) is 0 Å². The molecule has 0 fully saturated rings. The lowest BCUT2D eigenvalue weighted by Crippen LogP contribution is -2.11. The maximum Gasteiger partial charge on any atom is 0.339 e. The van der Waals surface area contributed by atoms with Gasteiger partial charge >= 0.3 is 5.97 Å². The fourth-order valence-electron chi connectivity index (χ4n) is 1.68. The fraction of sp³-hybridized carbons (Fsp3) is 0.133. The Bertz CT molecular complexity index is 623. The normalized spacial score (nSPS) is 10.2. The number of carboxylic acid groups (broad SMARTS) is 1. The number of carboxylic acids is 1. The van der Waals surface area contributed by atoms with Crippen LogP contribution in [0.25, 0.3) is 0 Å². The lowest BCUT2D eigenvalue weighted by Gasteiger charge is -2.12. The number of rotatable bonds is 6. The molecule has 0 atom stereocenters. The van der Waals surface area contributed by atoms with E-state index in [1.165, 1.54) is 6.07 Å². The van der Waals surface area contributed by atoms with Crippen molar-refractivity contribution in [2.75, 3.05) is 13.2 Å². The third kappa shape index (κ3) is 4.22. The first-order valence-corrected chi connectivity index (χ1v) is 7.70. The average molecular weight is 416 g/mol. The summed E-state index contributed by atoms with van der Waals surface area (Å²) >= 11 is 6.80. The van der Waals surface area contributed by atoms with Crippen LogP contribution in [0.2, 0.25) is 0 Å². The van der Waals surface area contributed by atoms with E-state index in [1.54, 1.807) is 18.2 Å². The molecule has 0 aliphatic heterocycles. The monoisotopic (exact) mass is 414 g/mol. The molecule has 2 rings (SSSR count). The Balaban J connectivity index is 1.92. The molecule has 0 unspecified atom stereocenters. The molecular weight excluding hydrogens is 404 g/mol. The van der Waals surface area contributed by atoms with Crippen molar-refractivity contribution < 1.29 is 19.4 Å². The number of hydrogen-bond donors (Lipinski definition) is 1. The number of halogens is 2. The van der Waals surface area contributed by atoms with Gasteiger partial charge in [-0.05, 0) is 56.1 Å². The molecule has 0 saturated carbocycles. The van der Waals surface area contributed by atoms with Gasteiger partial charge in [0.25, 0.3) is 0 Å². The zero-order valence-electron chi connectivity index (χ0n) is 10.9. The largest absolute Gasteiger partial charge is 0.489 e. The molecule has 110 valence electrons. The Morgan fingerprint density at radius 3 is 2.24 bits per heavy atom. The Hall–Kier alpha value is -1.53. The molecule has 0 spiro atoms. The summed E-state index contributed by atoms with van der Waals surface area (Å²) in [4.78, 5) is 11.0. The predicted octanol–water partition coefficient (Wildman–Crippen LogP) is 4.37. The fourth-order valence-corrected chi connectivity index (χ4v) is 2.91. The standard InChI is InChI=1S/C15H12Br2O4/c16-11-5-3-6-12(17)14(11)21-9-8-20-13-7-2-1-4-10(13)15(18)19/h1-7H,8-9H2,(H,18,19). The van der Waals surface area contributed by atoms with Crippen molar-refractivity contribution in [1.82, 2.24) is 0 Å². The molecule has 0 saturated heterocycles. The molecule has 2 aromatic rings. The first-order valence-electron chi connectivity index (χ1n) is 6.11. The minimum atomic E-state index is -1.01. The highest BCUT2D eigenvalue weighted by Crippen LogP contribution is 2.32. The second-order valence-electron chi connectivity index (χ2n) is 4.05. The van der Waals surface area contributed by atoms with Gasteiger partial charge in [-0.1, -0.05) is 18.2 Å². The molecule has 0 radical (unpaired) electrons. The molecule has 0 amide bonds. The first kappa shape index (κ1) is 15.9. The quantitative estimate of drug-likeness (QED) is 0.711. The summed E-state index contributed by atoms with van der Waals surface area (Å²) in [6.45, 7) is 0.549. The highest BCUT2D eigenvalue weighted by Gasteiger charge is 2.10. The van der Waals surface area contributed by atoms with E-state index in [2.05, 4.69) is 31.9 Å². The van der Waals surface area contributed by atoms with Gasteiger partial charge in [-0.15, -0.1) is 0 Å². The zero-order chi connectivity index (χ0) is 15.2. The van der Waals surface area contributed by atoms with Gasteiger partial charge in [0.05, 0.1) is 8.95 Å². The Labute approximate surface area is 139 Å². The van der Waals surface area contributed by atoms with Crippen LogP contribution in [0, 0.1) is 0 Å². The van der Waals surface area contributed by atoms with Crippen LogP contribution >= 0.6 is 31.9 Å². The Morgan fingerprint density at radius 2 is 1.57 bits per heavy atom. The maximum absolute atomic E-state index is 11.0. The molecule has 0 aromatic heterocycles. The van der Waals surface area contributed by atoms with Crippen LogP contribution in [0.5, 0.6) is 11.5 Å². The van der Waals surface area contributed by atoms with Crippen LogP contribution < -0.4 is 9.47 Å². The van der Waals surface area contributed by atoms with Crippen LogP contribution in [-0.4, -0.2) is 24.3 Å². The van der Waals surface area contributed by atoms with Crippen molar-refractivity contribution in [1.29, 1.82) is 0 Å². The average Bonchev–Trinajstić information content (AvgIpc) is 2.46. The highest BCUT2D eigenvalue weighted by atomic mass is 79.9. The van der Waals surface area contributed by atoms with E-state index in [1.807, 2.05) is 18.2 Å². The highest BCUT2D eigenvalue weighted by molar-refractivity contribution is 9.11. The summed E-state index contributed by atoms with van der Waals surface area (Å²) < 4.78 is 12.8. The van der Waals surface area contributed by atoms with E-state index >= 15 is 0 Å². The van der Waals surface area contributed by atoms with Gasteiger partial charge in [-0.25, -0.2) is 4.79 Å². The van der Waals surface area contributed by atoms with E-state index in [0.29, 0.717) is 18.1 Å². The van der Waals surface area contributed by atoms with Crippen LogP contribution in [0.15, 0.2) is 51.4 Å². The predicted molar refractivity (Wildman–Crippen MR) is 86.2 cm³/mol. The topological polar surface area (TPSA) is 55.8 Å². The van der Waals surface area contributed by atoms with Crippen LogP contribution in [0.1, 0.15) is 10.4 Å². The number of aromatic carboxylic acids is 1. The van der Waals surface area contributed by atoms with Gasteiger partial charge in [0.2, 0.25) is 0 Å². The molecule has 0 aliphatic rings. The summed E-state index contributed by atoms with van der Waals surface area (Å²) in [7, 11) is 0. The molecule has 0 bridgehead atoms. The molecule has 0 aliphatic carbocycles. The molecule has 6 heteroatoms. The Kier molecular flexibility index (Phi) is 5.64. The summed E-state index contributed by atoms with van der Waals surface area (Å²) in [5.41, 5.74) is 0.138. The summed E-state index contributed by atoms with van der Waals surface area (Å²) in [5, 5.41) is 9.05. The third-order valence-corrected chi connectivity index (χ3v) is 3.87. The molecule has 1 N–H and O–H groups in total. The summed E-state index contributed by atoms with van der Waals surface area (Å²) in [6, 6.07) is 12.2. The molecule has 0 heterocycles. The van der Waals surface area contributed by atoms with Gasteiger partial charge in [0.15, 0.2) is 0 Å². The van der Waals surface area contributed by atoms with Gasteiger partial charge in [0, 0.05) is 0 Å². The first-order chi connectivity index (χ1) is 10.1. The number of para-hydroxylation sites is 2. The Morgan fingerprint density at radius 1 is 0.952 bits per heavy atom. The molecule has 4 nitrogen and oxygen atoms in total. The number of hydrogen-bond acceptors (Lipinski definition) is 3. The zero-order valence-corrected chi connectivity index (χ0v) is 14.1. The van der Waals surface area contributed by atoms with Crippen molar-refractivity contribution in [2.24, 2.45) is 0 Å². The SMILES string of the molecule is O=C(O)c1ccccc1OCCOc1c(Br)cccc1Br. The number of carbonyl (C=O) groups is 1. The van der Waals surface area contributed by atoms with Crippen molar-refractivity contribution in [2.45, 2.75) is 0 Å². The van der Waals surface area contributed by atoms with Crippen LogP contribution in [0.3, 0.4) is 0 Å². The molecular formula is C15H12Br2O4. The minimum Gasteiger partial charge on any atom is -0.489 e. The smallest absolute Gasteiger partial charge is 0.339 e. The van der Waals surface area contributed by atoms with E-state index in [0.717, 1.165) is 8.95 Å². The maximum atomic E-state index is 11.0. The van der Waals surface area contributed by atoms with Gasteiger partial charge in [0.1, 0.15) is 30.3 Å². The summed E-state index contributed by atoms with van der Waals surface area (Å²) in [6.07, 6.45) is 0. The van der Waals surface area contributed by atoms with Crippen molar-refractivity contribution in [3.63, 3.8) is 0 Å². The summed E-state index contributed by atoms with van der Waals surface area (Å²) in [5.74, 6) is 0.00693. The van der Waals surface area contributed by atoms with E-state index < -0.39 is 5.97 Å². The van der Waals surface area contributed by atoms with E-state index in [9.17, 15) is 4.79 Å². The van der Waals surface area contributed by atoms with E-state index in [-0.39, 0.29) is 12.2 Å². The minimum absolute atomic E-state index is 0.138. The second kappa shape index (κ2) is 7.47. The lowest BCUT2D eigenvalue weighted by molar-refractivity contribution is 0.0691. The molecule has 21 heavy (non-hydrogen) atoms. The van der Waals surface area contributed by atoms with Crippen molar-refractivity contribution in [3.05, 3.63) is 57.0 Å². The third-order valence-electron chi connectivity index (χ3n) is 2.62.